The zero-order chi connectivity index (χ0) is 72.8. The van der Waals surface area contributed by atoms with Gasteiger partial charge in [0, 0.05) is 60.4 Å². The average Bonchev–Trinajstić information content (AvgIpc) is 1.58. The number of aliphatic carboxylic acids is 3. The lowest BCUT2D eigenvalue weighted by atomic mass is 9.79. The molecule has 1 fully saturated rings. The second kappa shape index (κ2) is 33.5. The molecule has 4 aromatic carbocycles. The van der Waals surface area contributed by atoms with Gasteiger partial charge in [0.2, 0.25) is 58.6 Å². The van der Waals surface area contributed by atoms with Crippen molar-refractivity contribution in [2.75, 3.05) is 31.1 Å². The number of hydrogen-bond donors (Lipinski definition) is 12. The smallest absolute Gasteiger partial charge is 0.305 e. The van der Waals surface area contributed by atoms with Crippen molar-refractivity contribution in [2.45, 2.75) is 172 Å². The molecule has 0 aromatic heterocycles. The molecule has 27 heteroatoms. The Kier molecular flexibility index (Phi) is 25.3. The number of carboxylic acids is 3. The number of carbonyl (C=O) groups excluding carboxylic acids is 9. The fraction of sp³-hybridized carbons (Fsp3) is 0.438. The van der Waals surface area contributed by atoms with E-state index in [1.807, 2.05) is 114 Å². The van der Waals surface area contributed by atoms with Gasteiger partial charge in [-0.05, 0) is 111 Å². The molecule has 100 heavy (non-hydrogen) atoms. The van der Waals surface area contributed by atoms with Gasteiger partial charge in [-0.3, -0.25) is 68.4 Å². The molecule has 532 valence electrons. The molecule has 4 aromatic rings. The van der Waals surface area contributed by atoms with Crippen molar-refractivity contribution in [3.63, 3.8) is 0 Å². The minimum absolute atomic E-state index is 0.00514. The van der Waals surface area contributed by atoms with Gasteiger partial charge in [0.15, 0.2) is 12.3 Å². The van der Waals surface area contributed by atoms with Crippen molar-refractivity contribution in [1.29, 1.82) is 0 Å². The topological polar surface area (TPSA) is 397 Å². The molecule has 7 amide bonds. The average molecular weight is 1380 g/mol. The molecule has 7 atom stereocenters. The monoisotopic (exact) mass is 1380 g/mol. The van der Waals surface area contributed by atoms with Crippen molar-refractivity contribution >= 4 is 109 Å². The predicted molar refractivity (Wildman–Crippen MR) is 373 cm³/mol. The lowest BCUT2D eigenvalue weighted by Gasteiger charge is -2.29. The van der Waals surface area contributed by atoms with Gasteiger partial charge in [-0.15, -0.1) is 0 Å². The number of Topliss-reactive ketones (excluding diaryl/α,β-unsaturated/α-hetero) is 2. The summed E-state index contributed by atoms with van der Waals surface area (Å²) in [6.07, 6.45) is 11.2. The van der Waals surface area contributed by atoms with Crippen LogP contribution in [0.3, 0.4) is 0 Å². The SMILES string of the molecule is CC1NC(=O)[C@H](CC(=O)O)NC(=O)C(C(C)C)NC(=O)[C@H](CCC(=O)O)NC(=O)C(CC(=O)O)NNC(=O)CC[N+]2=C(C=CC=CC=CC=C3N(CCC(=O)NN[C@@H](CCCCN)C(=O)C(=O)[C@@H]4CCCN4C1=O)c1ccc4ccccc4c1C3(C)C)C(C)(C)c1c2ccc2ccccc12. The molecule has 0 saturated carbocycles. The third kappa shape index (κ3) is 18.0. The van der Waals surface area contributed by atoms with Gasteiger partial charge in [-0.2, -0.15) is 4.58 Å². The number of amides is 7. The molecule has 1 saturated heterocycles. The van der Waals surface area contributed by atoms with Crippen LogP contribution in [0.15, 0.2) is 121 Å². The van der Waals surface area contributed by atoms with Gasteiger partial charge < -0.3 is 52.1 Å². The molecule has 0 aliphatic carbocycles. The Balaban J connectivity index is 1.13. The highest BCUT2D eigenvalue weighted by atomic mass is 16.4. The lowest BCUT2D eigenvalue weighted by Crippen LogP contribution is -2.61. The number of rotatable bonds is 12. The van der Waals surface area contributed by atoms with Crippen LogP contribution in [-0.4, -0.2) is 170 Å². The van der Waals surface area contributed by atoms with Gasteiger partial charge in [-0.25, -0.2) is 10.9 Å². The van der Waals surface area contributed by atoms with Crippen LogP contribution in [0.2, 0.25) is 0 Å². The highest BCUT2D eigenvalue weighted by Gasteiger charge is 2.47. The van der Waals surface area contributed by atoms with Crippen LogP contribution < -0.4 is 53.6 Å². The van der Waals surface area contributed by atoms with E-state index in [-0.39, 0.29) is 58.3 Å². The number of nitrogens with zero attached hydrogens (tertiary/aromatic N) is 3. The number of fused-ring (bicyclic) bond motifs is 10. The summed E-state index contributed by atoms with van der Waals surface area (Å²) in [5.41, 5.74) is 20.6. The van der Waals surface area contributed by atoms with E-state index in [1.165, 1.54) is 20.8 Å². The van der Waals surface area contributed by atoms with E-state index in [1.54, 1.807) is 0 Å². The van der Waals surface area contributed by atoms with E-state index < -0.39 is 156 Å². The van der Waals surface area contributed by atoms with Crippen molar-refractivity contribution in [1.82, 2.24) is 47.9 Å². The van der Waals surface area contributed by atoms with E-state index in [4.69, 9.17) is 5.73 Å². The van der Waals surface area contributed by atoms with Crippen LogP contribution in [0, 0.1) is 5.92 Å². The van der Waals surface area contributed by atoms with E-state index in [2.05, 4.69) is 81.6 Å². The second-order valence-electron chi connectivity index (χ2n) is 26.9. The summed E-state index contributed by atoms with van der Waals surface area (Å²) in [4.78, 5) is 167. The molecule has 27 nitrogen and oxygen atoms in total. The maximum atomic E-state index is 14.3. The Labute approximate surface area is 579 Å². The van der Waals surface area contributed by atoms with Crippen molar-refractivity contribution in [3.8, 4) is 0 Å². The first kappa shape index (κ1) is 75.5. The number of anilines is 1. The fourth-order valence-electron chi connectivity index (χ4n) is 13.6. The Morgan fingerprint density at radius 1 is 0.610 bits per heavy atom. The summed E-state index contributed by atoms with van der Waals surface area (Å²) >= 11 is 0. The summed E-state index contributed by atoms with van der Waals surface area (Å²) in [5.74, 6) is -13.6. The molecule has 0 bridgehead atoms. The van der Waals surface area contributed by atoms with Crippen molar-refractivity contribution in [3.05, 3.63) is 132 Å². The van der Waals surface area contributed by atoms with Gasteiger partial charge in [-0.1, -0.05) is 119 Å². The van der Waals surface area contributed by atoms with Crippen LogP contribution in [0.1, 0.15) is 130 Å². The molecule has 13 N–H and O–H groups in total. The quantitative estimate of drug-likeness (QED) is 0.0537. The predicted octanol–water partition coefficient (Wildman–Crippen LogP) is 4.18. The van der Waals surface area contributed by atoms with E-state index >= 15 is 0 Å². The minimum Gasteiger partial charge on any atom is -0.481 e. The maximum Gasteiger partial charge on any atom is 0.305 e. The highest BCUT2D eigenvalue weighted by Crippen LogP contribution is 2.51. The molecule has 0 radical (unpaired) electrons. The van der Waals surface area contributed by atoms with Crippen LogP contribution in [-0.2, 0) is 68.4 Å². The normalized spacial score (nSPS) is 23.5. The van der Waals surface area contributed by atoms with Crippen molar-refractivity contribution in [2.24, 2.45) is 11.7 Å². The molecule has 4 aliphatic rings. The van der Waals surface area contributed by atoms with Gasteiger partial charge in [0.25, 0.3) is 0 Å². The number of allylic oxidation sites excluding steroid dienone is 8. The summed E-state index contributed by atoms with van der Waals surface area (Å²) < 4.78 is 2.02. The number of ketones is 2. The first-order chi connectivity index (χ1) is 47.5. The van der Waals surface area contributed by atoms with Gasteiger partial charge in [0.05, 0.1) is 36.8 Å². The number of nitrogens with one attached hydrogen (secondary N) is 8. The van der Waals surface area contributed by atoms with Crippen LogP contribution in [0.4, 0.5) is 11.4 Å². The Morgan fingerprint density at radius 3 is 1.86 bits per heavy atom. The van der Waals surface area contributed by atoms with Gasteiger partial charge >= 0.3 is 17.9 Å². The number of carboxylic acid groups (broad SMARTS) is 3. The standard InChI is InChI=1S/C73H90N12O15/c1-42(2)64-70(99)77-50(40-60(90)91)68(97)75-43(3)71(100)85-37-19-25-54(85)66(95)65(94)48(24-17-18-36-74)79-81-57(86)34-38-83-52-31-28-44-20-13-15-22-46(44)62(52)72(4,5)55(83)26-11-9-8-10-12-27-56-73(6,7)63-47-23-16-14-21-45(47)29-32-53(63)84(56)39-35-58(87)82-80-51(41-61(92)93)69(98)76-49(67(96)78-64)30-33-59(88)89/h8-16,20-23,26-29,31-32,42-43,48-51,54,64H,17-19,24-25,30,33-41,74H2,1-7H3,(H10-,75,76,77,78,79,80,81,82,86,87,88,89,90,91,92,93,94,95,96,97,98,99)/p+1/t43?,48-,49-,50-,51?,54-,64?/m0/s1. The number of benzene rings is 4. The Hall–Kier alpha value is -10.3. The first-order valence-corrected chi connectivity index (χ1v) is 33.8. The van der Waals surface area contributed by atoms with Crippen LogP contribution >= 0.6 is 0 Å². The zero-order valence-electron chi connectivity index (χ0n) is 57.4. The first-order valence-electron chi connectivity index (χ1n) is 33.8. The molecule has 0 spiro atoms. The van der Waals surface area contributed by atoms with Crippen LogP contribution in [0.5, 0.6) is 0 Å². The van der Waals surface area contributed by atoms with E-state index in [0.29, 0.717) is 12.8 Å². The van der Waals surface area contributed by atoms with Gasteiger partial charge in [0.1, 0.15) is 30.2 Å². The largest absolute Gasteiger partial charge is 0.481 e. The molecule has 3 unspecified atom stereocenters. The summed E-state index contributed by atoms with van der Waals surface area (Å²) in [5, 5.41) is 43.2. The zero-order valence-corrected chi connectivity index (χ0v) is 57.4. The third-order valence-corrected chi connectivity index (χ3v) is 18.7. The molecule has 4 heterocycles. The summed E-state index contributed by atoms with van der Waals surface area (Å²) in [7, 11) is 0. The summed E-state index contributed by atoms with van der Waals surface area (Å²) in [6, 6.07) is 13.1. The molecule has 8 rings (SSSR count). The Morgan fingerprint density at radius 2 is 1.20 bits per heavy atom. The highest BCUT2D eigenvalue weighted by molar-refractivity contribution is 6.41. The number of carbonyl (C=O) groups is 12. The maximum absolute atomic E-state index is 14.3. The van der Waals surface area contributed by atoms with Crippen LogP contribution in [0.25, 0.3) is 21.5 Å². The summed E-state index contributed by atoms with van der Waals surface area (Å²) in [6.45, 7) is 13.2. The van der Waals surface area contributed by atoms with E-state index in [0.717, 1.165) is 60.4 Å². The number of hydrazine groups is 2. The molecular formula is C73H91N12O15+. The Bertz CT molecular complexity index is 4020. The number of hydrogen-bond acceptors (Lipinski definition) is 16. The number of unbranched alkanes of at least 4 members (excludes halogenated alkanes) is 1. The second-order valence-corrected chi connectivity index (χ2v) is 26.9. The fourth-order valence-corrected chi connectivity index (χ4v) is 13.6. The molecular weight excluding hydrogens is 1280 g/mol. The minimum atomic E-state index is -1.89. The van der Waals surface area contributed by atoms with Crippen molar-refractivity contribution < 1.29 is 77.4 Å². The number of nitrogens with two attached hydrogens (primary N) is 1. The van der Waals surface area contributed by atoms with E-state index in [9.17, 15) is 72.9 Å². The lowest BCUT2D eigenvalue weighted by molar-refractivity contribution is -0.436. The third-order valence-electron chi connectivity index (χ3n) is 18.7. The molecule has 4 aliphatic heterocycles.